The first kappa shape index (κ1) is 34.8. The number of hydrogen-bond acceptors (Lipinski definition) is 10. The number of fused-ring (bicyclic) bond motifs is 8. The van der Waals surface area contributed by atoms with Crippen LogP contribution in [-0.4, -0.2) is 55.7 Å². The highest BCUT2D eigenvalue weighted by atomic mass is 32.1. The Labute approximate surface area is 328 Å². The SMILES string of the molecule is Oc1cc(O)cc(-c2c3nc(c(-c4ccc(N=C=S)cc4)c4nc(c(-c5cc(O)cc(O)c5)c5ccc([nH]5)c(-c5cc(O)cc(O)c5)c5ccc2[nH]5)C=C4)C=C3)c1. The quantitative estimate of drug-likeness (QED) is 0.0622. The Morgan fingerprint density at radius 3 is 1.11 bits per heavy atom. The molecule has 0 radical (unpaired) electrons. The van der Waals surface area contributed by atoms with Gasteiger partial charge in [-0.05, 0) is 132 Å². The predicted octanol–water partition coefficient (Wildman–Crippen LogP) is 10.3. The van der Waals surface area contributed by atoms with Crippen molar-refractivity contribution < 1.29 is 30.6 Å². The largest absolute Gasteiger partial charge is 0.508 e. The minimum atomic E-state index is -0.150. The van der Waals surface area contributed by atoms with E-state index in [1.165, 1.54) is 30.3 Å². The van der Waals surface area contributed by atoms with Crippen molar-refractivity contribution >= 4 is 69.4 Å². The van der Waals surface area contributed by atoms with Crippen molar-refractivity contribution in [2.24, 2.45) is 4.99 Å². The number of aromatic amines is 2. The van der Waals surface area contributed by atoms with Gasteiger partial charge in [0.15, 0.2) is 0 Å². The van der Waals surface area contributed by atoms with Gasteiger partial charge >= 0.3 is 0 Å². The second-order valence-electron chi connectivity index (χ2n) is 13.5. The van der Waals surface area contributed by atoms with Crippen LogP contribution < -0.4 is 0 Å². The van der Waals surface area contributed by atoms with E-state index in [1.54, 1.807) is 24.3 Å². The van der Waals surface area contributed by atoms with Gasteiger partial charge in [-0.1, -0.05) is 12.1 Å². The number of aromatic hydroxyl groups is 6. The van der Waals surface area contributed by atoms with E-state index in [2.05, 4.69) is 20.1 Å². The molecular weight excluding hydrogens is 739 g/mol. The standard InChI is InChI=1S/C45H29N5O6S/c51-28-13-24(14-29(52)19-28)43-36-7-5-34(47-36)42(23-1-3-27(4-2-23)46-22-57)35-6-8-37(48-35)44(25-15-30(53)20-31(54)16-25)39-10-12-41(50-39)45(40-11-9-38(43)49-40)26-17-32(55)21-33(56)18-26/h1-21,49-56H. The minimum absolute atomic E-state index is 0.142. The maximum absolute atomic E-state index is 10.6. The Morgan fingerprint density at radius 1 is 0.404 bits per heavy atom. The summed E-state index contributed by atoms with van der Waals surface area (Å²) in [5.74, 6) is -0.868. The first-order valence-electron chi connectivity index (χ1n) is 17.5. The topological polar surface area (TPSA) is 191 Å². The summed E-state index contributed by atoms with van der Waals surface area (Å²) in [6.07, 6.45) is 7.44. The first-order chi connectivity index (χ1) is 27.6. The molecule has 276 valence electrons. The lowest BCUT2D eigenvalue weighted by Gasteiger charge is -2.08. The molecule has 5 heterocycles. The fraction of sp³-hybridized carbons (Fsp3) is 0. The fourth-order valence-corrected chi connectivity index (χ4v) is 7.50. The summed E-state index contributed by atoms with van der Waals surface area (Å²) in [7, 11) is 0. The molecule has 3 aromatic heterocycles. The number of isothiocyanates is 1. The summed E-state index contributed by atoms with van der Waals surface area (Å²) in [5, 5.41) is 66.2. The van der Waals surface area contributed by atoms with Crippen LogP contribution in [0.15, 0.2) is 108 Å². The van der Waals surface area contributed by atoms with E-state index in [4.69, 9.17) is 22.2 Å². The second kappa shape index (κ2) is 13.7. The Hall–Kier alpha value is -7.92. The molecule has 7 aromatic rings. The van der Waals surface area contributed by atoms with Crippen molar-refractivity contribution in [1.29, 1.82) is 0 Å². The zero-order valence-electron chi connectivity index (χ0n) is 29.6. The molecule has 9 rings (SSSR count). The van der Waals surface area contributed by atoms with Crippen LogP contribution >= 0.6 is 12.2 Å². The van der Waals surface area contributed by atoms with E-state index in [0.29, 0.717) is 89.5 Å². The molecule has 0 spiro atoms. The molecule has 4 aromatic carbocycles. The molecule has 12 heteroatoms. The highest BCUT2D eigenvalue weighted by molar-refractivity contribution is 7.78. The molecule has 0 fully saturated rings. The number of H-pyrrole nitrogens is 2. The monoisotopic (exact) mass is 767 g/mol. The molecule has 8 bridgehead atoms. The van der Waals surface area contributed by atoms with Crippen LogP contribution in [-0.2, 0) is 0 Å². The normalized spacial score (nSPS) is 11.8. The van der Waals surface area contributed by atoms with E-state index in [0.717, 1.165) is 5.56 Å². The highest BCUT2D eigenvalue weighted by Crippen LogP contribution is 2.41. The minimum Gasteiger partial charge on any atom is -0.508 e. The van der Waals surface area contributed by atoms with Gasteiger partial charge in [0.25, 0.3) is 0 Å². The summed E-state index contributed by atoms with van der Waals surface area (Å²) in [6, 6.07) is 27.8. The van der Waals surface area contributed by atoms with Gasteiger partial charge in [0, 0.05) is 62.5 Å². The molecule has 0 amide bonds. The van der Waals surface area contributed by atoms with Crippen molar-refractivity contribution in [3.63, 3.8) is 0 Å². The number of benzene rings is 4. The van der Waals surface area contributed by atoms with Crippen molar-refractivity contribution in [2.45, 2.75) is 0 Å². The van der Waals surface area contributed by atoms with Crippen molar-refractivity contribution in [3.8, 4) is 79.0 Å². The summed E-state index contributed by atoms with van der Waals surface area (Å²) < 4.78 is 0. The van der Waals surface area contributed by atoms with E-state index in [-0.39, 0.29) is 34.5 Å². The van der Waals surface area contributed by atoms with Crippen molar-refractivity contribution in [3.05, 3.63) is 126 Å². The number of rotatable bonds is 5. The van der Waals surface area contributed by atoms with Gasteiger partial charge in [0.1, 0.15) is 34.5 Å². The number of phenolic OH excluding ortho intramolecular Hbond substituents is 6. The van der Waals surface area contributed by atoms with Crippen LogP contribution in [0.1, 0.15) is 22.8 Å². The third-order valence-electron chi connectivity index (χ3n) is 9.66. The van der Waals surface area contributed by atoms with E-state index >= 15 is 0 Å². The molecule has 57 heavy (non-hydrogen) atoms. The number of thiocarbonyl (C=S) groups is 1. The van der Waals surface area contributed by atoms with Gasteiger partial charge in [-0.3, -0.25) is 0 Å². The lowest BCUT2D eigenvalue weighted by atomic mass is 10.0. The van der Waals surface area contributed by atoms with E-state index in [9.17, 15) is 30.6 Å². The van der Waals surface area contributed by atoms with Gasteiger partial charge in [-0.2, -0.15) is 4.99 Å². The van der Waals surface area contributed by atoms with Gasteiger partial charge in [-0.25, -0.2) is 9.97 Å². The number of aliphatic imine (C=N–C) groups is 1. The molecule has 11 nitrogen and oxygen atoms in total. The maximum atomic E-state index is 10.6. The molecular formula is C45H29N5O6S. The average molecular weight is 768 g/mol. The molecule has 0 unspecified atom stereocenters. The van der Waals surface area contributed by atoms with Crippen LogP contribution in [0.4, 0.5) is 5.69 Å². The Bertz CT molecular complexity index is 2890. The van der Waals surface area contributed by atoms with Gasteiger partial charge in [-0.15, -0.1) is 0 Å². The zero-order chi connectivity index (χ0) is 39.4. The number of nitrogens with zero attached hydrogens (tertiary/aromatic N) is 3. The number of phenols is 6. The van der Waals surface area contributed by atoms with Crippen LogP contribution in [0.2, 0.25) is 0 Å². The molecule has 0 atom stereocenters. The molecule has 2 aliphatic rings. The lowest BCUT2D eigenvalue weighted by molar-refractivity contribution is 0.450. The number of hydrogen-bond donors (Lipinski definition) is 8. The summed E-state index contributed by atoms with van der Waals surface area (Å²) >= 11 is 4.82. The lowest BCUT2D eigenvalue weighted by Crippen LogP contribution is -1.91. The van der Waals surface area contributed by atoms with Crippen molar-refractivity contribution in [1.82, 2.24) is 19.9 Å². The first-order valence-corrected chi connectivity index (χ1v) is 18.0. The summed E-state index contributed by atoms with van der Waals surface area (Å²) in [4.78, 5) is 21.4. The Morgan fingerprint density at radius 2 is 0.737 bits per heavy atom. The average Bonchev–Trinajstić information content (AvgIpc) is 3.99. The fourth-order valence-electron chi connectivity index (χ4n) is 7.39. The van der Waals surface area contributed by atoms with Gasteiger partial charge in [0.05, 0.1) is 33.6 Å². The molecule has 0 saturated carbocycles. The van der Waals surface area contributed by atoms with Crippen LogP contribution in [0.3, 0.4) is 0 Å². The predicted molar refractivity (Wildman–Crippen MR) is 225 cm³/mol. The summed E-state index contributed by atoms with van der Waals surface area (Å²) in [6.45, 7) is 0. The second-order valence-corrected chi connectivity index (χ2v) is 13.6. The molecule has 8 N–H and O–H groups in total. The Kier molecular flexibility index (Phi) is 8.39. The molecule has 0 saturated heterocycles. The highest BCUT2D eigenvalue weighted by Gasteiger charge is 2.21. The smallest absolute Gasteiger partial charge is 0.119 e. The van der Waals surface area contributed by atoms with Crippen LogP contribution in [0, 0.1) is 0 Å². The summed E-state index contributed by atoms with van der Waals surface area (Å²) in [5.41, 5.74) is 9.75. The molecule has 2 aliphatic heterocycles. The van der Waals surface area contributed by atoms with Crippen molar-refractivity contribution in [2.75, 3.05) is 0 Å². The van der Waals surface area contributed by atoms with Gasteiger partial charge < -0.3 is 40.6 Å². The number of aromatic nitrogens is 4. The number of nitrogens with one attached hydrogen (secondary N) is 2. The van der Waals surface area contributed by atoms with E-state index < -0.39 is 0 Å². The maximum Gasteiger partial charge on any atom is 0.119 e. The Balaban J connectivity index is 1.48. The van der Waals surface area contributed by atoms with Crippen LogP contribution in [0.5, 0.6) is 34.5 Å². The third-order valence-corrected chi connectivity index (χ3v) is 9.75. The zero-order valence-corrected chi connectivity index (χ0v) is 30.4. The third kappa shape index (κ3) is 6.53. The van der Waals surface area contributed by atoms with E-state index in [1.807, 2.05) is 72.8 Å². The molecule has 0 aliphatic carbocycles. The van der Waals surface area contributed by atoms with Gasteiger partial charge in [0.2, 0.25) is 0 Å². The van der Waals surface area contributed by atoms with Crippen LogP contribution in [0.25, 0.3) is 90.9 Å².